The van der Waals surface area contributed by atoms with Crippen molar-refractivity contribution >= 4 is 11.6 Å². The zero-order valence-corrected chi connectivity index (χ0v) is 12.0. The molecule has 1 aliphatic carbocycles. The third kappa shape index (κ3) is 2.10. The van der Waals surface area contributed by atoms with Crippen molar-refractivity contribution < 1.29 is 4.74 Å². The first kappa shape index (κ1) is 12.3. The van der Waals surface area contributed by atoms with E-state index in [1.54, 1.807) is 0 Å². The summed E-state index contributed by atoms with van der Waals surface area (Å²) in [6, 6.07) is 17.2. The molecule has 1 saturated carbocycles. The minimum atomic E-state index is 0.117. The van der Waals surface area contributed by atoms with Crippen molar-refractivity contribution in [3.8, 4) is 5.75 Å². The number of fused-ring (bicyclic) bond motifs is 1. The maximum atomic E-state index is 6.71. The lowest BCUT2D eigenvalue weighted by molar-refractivity contribution is 0.357. The Kier molecular flexibility index (Phi) is 2.96. The minimum absolute atomic E-state index is 0.117. The molecule has 2 heteroatoms. The number of rotatable bonds is 3. The van der Waals surface area contributed by atoms with Crippen LogP contribution >= 0.6 is 11.6 Å². The standard InChI is InChI=1S/C18H17ClO/c19-18(14-6-7-17-13(10-14)8-9-20-17)16-11-15(16)12-4-2-1-3-5-12/h1-7,10,15-16,18H,8-9,11H2. The van der Waals surface area contributed by atoms with Crippen molar-refractivity contribution in [3.63, 3.8) is 0 Å². The number of benzene rings is 2. The molecule has 20 heavy (non-hydrogen) atoms. The van der Waals surface area contributed by atoms with E-state index in [2.05, 4.69) is 48.5 Å². The molecule has 1 heterocycles. The average molecular weight is 285 g/mol. The minimum Gasteiger partial charge on any atom is -0.493 e. The van der Waals surface area contributed by atoms with E-state index in [-0.39, 0.29) is 5.38 Å². The lowest BCUT2D eigenvalue weighted by atomic mass is 10.0. The van der Waals surface area contributed by atoms with Crippen LogP contribution in [0.3, 0.4) is 0 Å². The average Bonchev–Trinajstić information content (AvgIpc) is 3.17. The number of alkyl halides is 1. The fourth-order valence-electron chi connectivity index (χ4n) is 3.25. The molecule has 2 aromatic carbocycles. The van der Waals surface area contributed by atoms with Gasteiger partial charge in [-0.25, -0.2) is 0 Å². The van der Waals surface area contributed by atoms with Gasteiger partial charge in [0.1, 0.15) is 5.75 Å². The van der Waals surface area contributed by atoms with E-state index >= 15 is 0 Å². The predicted molar refractivity (Wildman–Crippen MR) is 81.5 cm³/mol. The maximum absolute atomic E-state index is 6.71. The van der Waals surface area contributed by atoms with Gasteiger partial charge in [-0.15, -0.1) is 11.6 Å². The van der Waals surface area contributed by atoms with E-state index in [1.165, 1.54) is 23.1 Å². The summed E-state index contributed by atoms with van der Waals surface area (Å²) < 4.78 is 5.56. The van der Waals surface area contributed by atoms with Gasteiger partial charge in [-0.2, -0.15) is 0 Å². The second kappa shape index (κ2) is 4.82. The van der Waals surface area contributed by atoms with Crippen LogP contribution < -0.4 is 4.74 Å². The number of hydrogen-bond donors (Lipinski definition) is 0. The first-order valence-corrected chi connectivity index (χ1v) is 7.71. The van der Waals surface area contributed by atoms with Crippen LogP contribution in [0.15, 0.2) is 48.5 Å². The Labute approximate surface area is 124 Å². The third-order valence-electron chi connectivity index (χ3n) is 4.48. The Morgan fingerprint density at radius 1 is 1.10 bits per heavy atom. The molecule has 3 unspecified atom stereocenters. The highest BCUT2D eigenvalue weighted by molar-refractivity contribution is 6.21. The molecular weight excluding hydrogens is 268 g/mol. The highest BCUT2D eigenvalue weighted by Gasteiger charge is 2.43. The van der Waals surface area contributed by atoms with Crippen LogP contribution in [0.1, 0.15) is 34.4 Å². The van der Waals surface area contributed by atoms with Crippen LogP contribution in [-0.4, -0.2) is 6.61 Å². The monoisotopic (exact) mass is 284 g/mol. The summed E-state index contributed by atoms with van der Waals surface area (Å²) in [4.78, 5) is 0. The van der Waals surface area contributed by atoms with Gasteiger partial charge in [0.25, 0.3) is 0 Å². The summed E-state index contributed by atoms with van der Waals surface area (Å²) in [6.45, 7) is 0.807. The van der Waals surface area contributed by atoms with Crippen LogP contribution in [-0.2, 0) is 6.42 Å². The first-order valence-electron chi connectivity index (χ1n) is 7.27. The number of halogens is 1. The summed E-state index contributed by atoms with van der Waals surface area (Å²) in [7, 11) is 0. The molecule has 0 spiro atoms. The molecule has 3 atom stereocenters. The molecule has 1 fully saturated rings. The Balaban J connectivity index is 1.53. The SMILES string of the molecule is ClC(c1ccc2c(c1)CCO2)C1CC1c1ccccc1. The summed E-state index contributed by atoms with van der Waals surface area (Å²) in [6.07, 6.45) is 2.21. The molecule has 0 bridgehead atoms. The summed E-state index contributed by atoms with van der Waals surface area (Å²) in [5.74, 6) is 2.23. The van der Waals surface area contributed by atoms with Gasteiger partial charge >= 0.3 is 0 Å². The summed E-state index contributed by atoms with van der Waals surface area (Å²) in [5, 5.41) is 0.117. The van der Waals surface area contributed by atoms with Gasteiger partial charge < -0.3 is 4.74 Å². The molecule has 1 nitrogen and oxygen atoms in total. The molecule has 4 rings (SSSR count). The zero-order valence-electron chi connectivity index (χ0n) is 11.3. The van der Waals surface area contributed by atoms with E-state index in [1.807, 2.05) is 0 Å². The molecule has 2 aromatic rings. The third-order valence-corrected chi connectivity index (χ3v) is 5.05. The van der Waals surface area contributed by atoms with Crippen molar-refractivity contribution in [3.05, 3.63) is 65.2 Å². The molecule has 102 valence electrons. The van der Waals surface area contributed by atoms with Crippen molar-refractivity contribution in [2.24, 2.45) is 5.92 Å². The first-order chi connectivity index (χ1) is 9.83. The van der Waals surface area contributed by atoms with Crippen LogP contribution in [0.2, 0.25) is 0 Å². The molecule has 2 aliphatic rings. The fraction of sp³-hybridized carbons (Fsp3) is 0.333. The van der Waals surface area contributed by atoms with Crippen LogP contribution in [0, 0.1) is 5.92 Å². The van der Waals surface area contributed by atoms with Gasteiger partial charge in [-0.05, 0) is 41.0 Å². The van der Waals surface area contributed by atoms with E-state index in [4.69, 9.17) is 16.3 Å². The normalized spacial score (nSPS) is 24.9. The fourth-order valence-corrected chi connectivity index (χ4v) is 3.66. The second-order valence-corrected chi connectivity index (χ2v) is 6.25. The van der Waals surface area contributed by atoms with Crippen molar-refractivity contribution in [1.29, 1.82) is 0 Å². The number of ether oxygens (including phenoxy) is 1. The Morgan fingerprint density at radius 2 is 1.95 bits per heavy atom. The maximum Gasteiger partial charge on any atom is 0.122 e. The summed E-state index contributed by atoms with van der Waals surface area (Å²) >= 11 is 6.71. The lowest BCUT2D eigenvalue weighted by Crippen LogP contribution is -1.96. The molecule has 1 aliphatic heterocycles. The van der Waals surface area contributed by atoms with Gasteiger partial charge in [0.15, 0.2) is 0 Å². The highest BCUT2D eigenvalue weighted by Crippen LogP contribution is 2.56. The molecule has 0 amide bonds. The van der Waals surface area contributed by atoms with Crippen molar-refractivity contribution in [2.75, 3.05) is 6.61 Å². The molecule has 0 radical (unpaired) electrons. The van der Waals surface area contributed by atoms with Gasteiger partial charge in [0, 0.05) is 6.42 Å². The van der Waals surface area contributed by atoms with Crippen molar-refractivity contribution in [2.45, 2.75) is 24.1 Å². The Hall–Kier alpha value is -1.47. The van der Waals surface area contributed by atoms with E-state index in [0.717, 1.165) is 18.8 Å². The van der Waals surface area contributed by atoms with Crippen molar-refractivity contribution in [1.82, 2.24) is 0 Å². The quantitative estimate of drug-likeness (QED) is 0.742. The number of hydrogen-bond acceptors (Lipinski definition) is 1. The highest BCUT2D eigenvalue weighted by atomic mass is 35.5. The topological polar surface area (TPSA) is 9.23 Å². The predicted octanol–water partition coefficient (Wildman–Crippen LogP) is 4.71. The van der Waals surface area contributed by atoms with E-state index in [0.29, 0.717) is 11.8 Å². The second-order valence-electron chi connectivity index (χ2n) is 5.78. The molecule has 0 aromatic heterocycles. The van der Waals surface area contributed by atoms with E-state index < -0.39 is 0 Å². The molecule has 0 N–H and O–H groups in total. The smallest absolute Gasteiger partial charge is 0.122 e. The summed E-state index contributed by atoms with van der Waals surface area (Å²) in [5.41, 5.74) is 3.98. The Morgan fingerprint density at radius 3 is 2.80 bits per heavy atom. The van der Waals surface area contributed by atoms with Crippen LogP contribution in [0.5, 0.6) is 5.75 Å². The lowest BCUT2D eigenvalue weighted by Gasteiger charge is -2.11. The van der Waals surface area contributed by atoms with Gasteiger partial charge in [0.2, 0.25) is 0 Å². The van der Waals surface area contributed by atoms with Gasteiger partial charge in [-0.1, -0.05) is 42.5 Å². The Bertz CT molecular complexity index is 623. The zero-order chi connectivity index (χ0) is 13.5. The largest absolute Gasteiger partial charge is 0.493 e. The van der Waals surface area contributed by atoms with Gasteiger partial charge in [0.05, 0.1) is 12.0 Å². The van der Waals surface area contributed by atoms with Gasteiger partial charge in [-0.3, -0.25) is 0 Å². The molecule has 0 saturated heterocycles. The van der Waals surface area contributed by atoms with Crippen LogP contribution in [0.4, 0.5) is 0 Å². The van der Waals surface area contributed by atoms with Crippen LogP contribution in [0.25, 0.3) is 0 Å². The van der Waals surface area contributed by atoms with E-state index in [9.17, 15) is 0 Å². The molecular formula is C18H17ClO.